The number of nitriles is 1. The minimum atomic E-state index is -2.13. The van der Waals surface area contributed by atoms with Crippen molar-refractivity contribution >= 4 is 38.3 Å². The molecule has 3 N–H and O–H groups in total. The number of benzene rings is 1. The van der Waals surface area contributed by atoms with E-state index in [-0.39, 0.29) is 28.0 Å². The van der Waals surface area contributed by atoms with Gasteiger partial charge in [0.1, 0.15) is 5.56 Å². The molecule has 0 saturated carbocycles. The van der Waals surface area contributed by atoms with Crippen LogP contribution in [0.3, 0.4) is 0 Å². The van der Waals surface area contributed by atoms with Crippen molar-refractivity contribution in [1.29, 1.82) is 5.26 Å². The van der Waals surface area contributed by atoms with Gasteiger partial charge in [0.2, 0.25) is 0 Å². The lowest BCUT2D eigenvalue weighted by Gasteiger charge is -2.44. The average molecular weight is 596 g/mol. The first kappa shape index (κ1) is 32.2. The first-order chi connectivity index (χ1) is 19.4. The zero-order valence-electron chi connectivity index (χ0n) is 26.5. The Kier molecular flexibility index (Phi) is 9.03. The van der Waals surface area contributed by atoms with Crippen molar-refractivity contribution in [2.24, 2.45) is 17.1 Å². The van der Waals surface area contributed by atoms with E-state index in [0.717, 1.165) is 11.0 Å². The number of nitrogens with one attached hydrogen (secondary N) is 1. The van der Waals surface area contributed by atoms with Crippen molar-refractivity contribution in [2.75, 3.05) is 31.7 Å². The smallest absolute Gasteiger partial charge is 0.408 e. The van der Waals surface area contributed by atoms with Crippen LogP contribution in [0.1, 0.15) is 76.9 Å². The molecule has 0 bridgehead atoms. The molecule has 2 aromatic rings. The van der Waals surface area contributed by atoms with Gasteiger partial charge in [0.25, 0.3) is 5.91 Å². The number of carbonyl (C=O) groups is 1. The fourth-order valence-electron chi connectivity index (χ4n) is 5.21. The Hall–Kier alpha value is -2.69. The maximum Gasteiger partial charge on any atom is 0.494 e. The highest BCUT2D eigenvalue weighted by Crippen LogP contribution is 2.42. The molecule has 2 fully saturated rings. The lowest BCUT2D eigenvalue weighted by molar-refractivity contribution is 0.0334. The van der Waals surface area contributed by atoms with Crippen LogP contribution in [-0.2, 0) is 24.1 Å². The fraction of sp³-hybridized carbons (Fsp3) is 0.633. The highest BCUT2D eigenvalue weighted by atomic mass is 28.4. The van der Waals surface area contributed by atoms with Crippen LogP contribution >= 0.6 is 0 Å². The SMILES string of the molecule is CC1(C)COB(c2cc(Nc3nn([C@H]4COCC[C@@H]4C#N)cc3C(N)=O)ccc2C(C)(C)O[Si](C)(C)C(C)(C)C)OC1. The number of hydrogen-bond donors (Lipinski definition) is 2. The first-order valence-electron chi connectivity index (χ1n) is 14.7. The van der Waals surface area contributed by atoms with Crippen LogP contribution < -0.4 is 16.5 Å². The molecule has 0 aliphatic carbocycles. The minimum absolute atomic E-state index is 0.0334. The molecule has 42 heavy (non-hydrogen) atoms. The van der Waals surface area contributed by atoms with Gasteiger partial charge in [-0.2, -0.15) is 10.4 Å². The van der Waals surface area contributed by atoms with Crippen LogP contribution in [-0.4, -0.2) is 57.6 Å². The van der Waals surface area contributed by atoms with E-state index in [1.807, 2.05) is 18.2 Å². The van der Waals surface area contributed by atoms with Crippen LogP contribution in [0, 0.1) is 22.7 Å². The molecule has 12 heteroatoms. The third-order valence-corrected chi connectivity index (χ3v) is 13.2. The fourth-order valence-corrected chi connectivity index (χ4v) is 6.90. The molecule has 2 atom stereocenters. The van der Waals surface area contributed by atoms with Crippen LogP contribution in [0.4, 0.5) is 11.5 Å². The van der Waals surface area contributed by atoms with Crippen LogP contribution in [0.15, 0.2) is 24.4 Å². The number of anilines is 2. The zero-order chi connectivity index (χ0) is 31.1. The normalized spacial score (nSPS) is 21.6. The molecule has 1 aromatic heterocycles. The quantitative estimate of drug-likeness (QED) is 0.414. The summed E-state index contributed by atoms with van der Waals surface area (Å²) in [6.07, 6.45) is 2.20. The van der Waals surface area contributed by atoms with Gasteiger partial charge in [-0.15, -0.1) is 0 Å². The molecule has 0 spiro atoms. The molecule has 4 rings (SSSR count). The Morgan fingerprint density at radius 3 is 2.50 bits per heavy atom. The Balaban J connectivity index is 1.72. The van der Waals surface area contributed by atoms with Crippen molar-refractivity contribution in [3.8, 4) is 6.07 Å². The average Bonchev–Trinajstić information content (AvgIpc) is 3.31. The summed E-state index contributed by atoms with van der Waals surface area (Å²) >= 11 is 0. The highest BCUT2D eigenvalue weighted by molar-refractivity contribution is 6.74. The van der Waals surface area contributed by atoms with Gasteiger partial charge in [0.05, 0.1) is 30.2 Å². The number of hydrogen-bond acceptors (Lipinski definition) is 8. The first-order valence-corrected chi connectivity index (χ1v) is 17.6. The Bertz CT molecular complexity index is 1340. The molecule has 2 aliphatic heterocycles. The van der Waals surface area contributed by atoms with E-state index >= 15 is 0 Å². The van der Waals surface area contributed by atoms with Crippen molar-refractivity contribution in [3.05, 3.63) is 35.5 Å². The summed E-state index contributed by atoms with van der Waals surface area (Å²) in [4.78, 5) is 12.4. The summed E-state index contributed by atoms with van der Waals surface area (Å²) in [5.74, 6) is -0.575. The number of rotatable bonds is 8. The van der Waals surface area contributed by atoms with Crippen molar-refractivity contribution < 1.29 is 23.3 Å². The van der Waals surface area contributed by atoms with Crippen LogP contribution in [0.5, 0.6) is 0 Å². The molecule has 1 amide bonds. The van der Waals surface area contributed by atoms with Crippen molar-refractivity contribution in [2.45, 2.75) is 84.7 Å². The Labute approximate surface area is 251 Å². The maximum atomic E-state index is 12.4. The molecule has 2 saturated heterocycles. The zero-order valence-corrected chi connectivity index (χ0v) is 27.5. The van der Waals surface area contributed by atoms with Gasteiger partial charge in [-0.25, -0.2) is 0 Å². The largest absolute Gasteiger partial charge is 0.494 e. The third-order valence-electron chi connectivity index (χ3n) is 8.61. The monoisotopic (exact) mass is 595 g/mol. The van der Waals surface area contributed by atoms with E-state index in [4.69, 9.17) is 24.2 Å². The molecule has 0 radical (unpaired) electrons. The van der Waals surface area contributed by atoms with E-state index in [1.165, 1.54) is 0 Å². The summed E-state index contributed by atoms with van der Waals surface area (Å²) in [6.45, 7) is 21.6. The molecule has 228 valence electrons. The van der Waals surface area contributed by atoms with E-state index in [0.29, 0.717) is 44.4 Å². The molecular formula is C30H46BN5O5Si. The van der Waals surface area contributed by atoms with E-state index < -0.39 is 26.9 Å². The van der Waals surface area contributed by atoms with E-state index in [2.05, 4.69) is 78.0 Å². The van der Waals surface area contributed by atoms with Gasteiger partial charge >= 0.3 is 7.12 Å². The summed E-state index contributed by atoms with van der Waals surface area (Å²) in [5.41, 5.74) is 7.78. The third kappa shape index (κ3) is 6.92. The lowest BCUT2D eigenvalue weighted by atomic mass is 9.70. The van der Waals surface area contributed by atoms with Gasteiger partial charge in [-0.3, -0.25) is 9.48 Å². The number of aromatic nitrogens is 2. The summed E-state index contributed by atoms with van der Waals surface area (Å²) in [5, 5.41) is 17.6. The van der Waals surface area contributed by atoms with E-state index in [1.54, 1.807) is 10.9 Å². The number of primary amides is 1. The second-order valence-electron chi connectivity index (χ2n) is 14.3. The molecule has 0 unspecified atom stereocenters. The Morgan fingerprint density at radius 2 is 1.90 bits per heavy atom. The maximum absolute atomic E-state index is 12.4. The molecule has 2 aliphatic rings. The van der Waals surface area contributed by atoms with Gasteiger partial charge in [0, 0.05) is 37.1 Å². The predicted molar refractivity (Wildman–Crippen MR) is 166 cm³/mol. The second-order valence-corrected chi connectivity index (χ2v) is 19.0. The summed E-state index contributed by atoms with van der Waals surface area (Å²) in [7, 11) is -2.71. The Morgan fingerprint density at radius 1 is 1.24 bits per heavy atom. The number of ether oxygens (including phenoxy) is 1. The van der Waals surface area contributed by atoms with E-state index in [9.17, 15) is 10.1 Å². The standard InChI is InChI=1S/C30H46BN5O5Si/c1-28(2,3)42(8,9)41-30(6,7)23-11-10-21(14-24(23)31-39-18-29(4,5)19-40-31)34-27-22(26(33)37)16-36(35-27)25-17-38-13-12-20(25)15-32/h10-11,14,16,20,25H,12-13,17-19H2,1-9H3,(H2,33,37)(H,34,35)/t20-,25+/m1/s1. The minimum Gasteiger partial charge on any atom is -0.408 e. The lowest BCUT2D eigenvalue weighted by Crippen LogP contribution is -2.52. The number of nitrogens with zero attached hydrogens (tertiary/aromatic N) is 3. The van der Waals surface area contributed by atoms with Gasteiger partial charge in [0.15, 0.2) is 14.1 Å². The molecule has 10 nitrogen and oxygen atoms in total. The van der Waals surface area contributed by atoms with Gasteiger partial charge < -0.3 is 29.5 Å². The second kappa shape index (κ2) is 11.8. The number of nitrogens with two attached hydrogens (primary N) is 1. The summed E-state index contributed by atoms with van der Waals surface area (Å²) < 4.78 is 26.7. The molecule has 3 heterocycles. The predicted octanol–water partition coefficient (Wildman–Crippen LogP) is 4.85. The van der Waals surface area contributed by atoms with Gasteiger partial charge in [-0.1, -0.05) is 40.7 Å². The van der Waals surface area contributed by atoms with Crippen molar-refractivity contribution in [3.63, 3.8) is 0 Å². The number of carbonyl (C=O) groups excluding carboxylic acids is 1. The topological polar surface area (TPSA) is 134 Å². The number of amides is 1. The van der Waals surface area contributed by atoms with Crippen molar-refractivity contribution in [1.82, 2.24) is 9.78 Å². The van der Waals surface area contributed by atoms with Crippen LogP contribution in [0.2, 0.25) is 18.1 Å². The highest BCUT2D eigenvalue weighted by Gasteiger charge is 2.44. The van der Waals surface area contributed by atoms with Gasteiger partial charge in [-0.05, 0) is 61.6 Å². The summed E-state index contributed by atoms with van der Waals surface area (Å²) in [6, 6.07) is 7.97. The van der Waals surface area contributed by atoms with Crippen LogP contribution in [0.25, 0.3) is 0 Å². The molecular weight excluding hydrogens is 549 g/mol. The molecule has 1 aromatic carbocycles.